The lowest BCUT2D eigenvalue weighted by atomic mass is 10.0. The van der Waals surface area contributed by atoms with Crippen molar-refractivity contribution >= 4 is 23.5 Å². The molecule has 32 heavy (non-hydrogen) atoms. The van der Waals surface area contributed by atoms with Gasteiger partial charge < -0.3 is 19.3 Å². The molecule has 0 radical (unpaired) electrons. The standard InChI is InChI=1S/C23H24ClN3O5/c1-14(2)12-18(25-22(28)15-8-10-16(24)11-9-15)23(29)31-13-20-26-21(27-32-20)17-6-4-5-7-19(17)30-3/h4-11,14,18H,12-13H2,1-3H3,(H,25,28). The molecule has 1 aromatic heterocycles. The minimum Gasteiger partial charge on any atom is -0.496 e. The molecule has 0 aliphatic carbocycles. The van der Waals surface area contributed by atoms with Crippen LogP contribution in [-0.4, -0.2) is 35.2 Å². The maximum Gasteiger partial charge on any atom is 0.329 e. The molecule has 1 amide bonds. The third-order valence-electron chi connectivity index (χ3n) is 4.56. The first-order valence-electron chi connectivity index (χ1n) is 10.1. The summed E-state index contributed by atoms with van der Waals surface area (Å²) in [6, 6.07) is 12.8. The van der Waals surface area contributed by atoms with E-state index in [4.69, 9.17) is 25.6 Å². The van der Waals surface area contributed by atoms with E-state index in [1.165, 1.54) is 0 Å². The second-order valence-corrected chi connectivity index (χ2v) is 7.92. The van der Waals surface area contributed by atoms with Crippen LogP contribution in [0.1, 0.15) is 36.5 Å². The summed E-state index contributed by atoms with van der Waals surface area (Å²) in [5.74, 6) is 0.228. The highest BCUT2D eigenvalue weighted by atomic mass is 35.5. The largest absolute Gasteiger partial charge is 0.496 e. The first-order chi connectivity index (χ1) is 15.4. The van der Waals surface area contributed by atoms with E-state index in [1.54, 1.807) is 43.5 Å². The number of hydrogen-bond acceptors (Lipinski definition) is 7. The van der Waals surface area contributed by atoms with Crippen molar-refractivity contribution in [1.82, 2.24) is 15.5 Å². The van der Waals surface area contributed by atoms with Crippen LogP contribution in [0.4, 0.5) is 0 Å². The Morgan fingerprint density at radius 3 is 2.53 bits per heavy atom. The second kappa shape index (κ2) is 10.8. The van der Waals surface area contributed by atoms with Crippen LogP contribution >= 0.6 is 11.6 Å². The number of methoxy groups -OCH3 is 1. The zero-order chi connectivity index (χ0) is 23.1. The van der Waals surface area contributed by atoms with Crippen LogP contribution in [-0.2, 0) is 16.1 Å². The van der Waals surface area contributed by atoms with Crippen LogP contribution in [0.2, 0.25) is 5.02 Å². The molecule has 1 heterocycles. The highest BCUT2D eigenvalue weighted by Gasteiger charge is 2.25. The van der Waals surface area contributed by atoms with Crippen molar-refractivity contribution in [2.24, 2.45) is 5.92 Å². The molecule has 9 heteroatoms. The smallest absolute Gasteiger partial charge is 0.329 e. The monoisotopic (exact) mass is 457 g/mol. The fraction of sp³-hybridized carbons (Fsp3) is 0.304. The summed E-state index contributed by atoms with van der Waals surface area (Å²) >= 11 is 5.87. The molecular weight excluding hydrogens is 434 g/mol. The minimum absolute atomic E-state index is 0.131. The normalized spacial score (nSPS) is 11.8. The van der Waals surface area contributed by atoms with Crippen molar-refractivity contribution < 1.29 is 23.6 Å². The van der Waals surface area contributed by atoms with Gasteiger partial charge in [-0.1, -0.05) is 42.7 Å². The molecule has 1 N–H and O–H groups in total. The molecule has 0 bridgehead atoms. The average Bonchev–Trinajstić information content (AvgIpc) is 3.26. The molecule has 3 rings (SSSR count). The molecule has 1 unspecified atom stereocenters. The lowest BCUT2D eigenvalue weighted by Crippen LogP contribution is -2.42. The van der Waals surface area contributed by atoms with Crippen LogP contribution < -0.4 is 10.1 Å². The molecule has 3 aromatic rings. The lowest BCUT2D eigenvalue weighted by Gasteiger charge is -2.19. The number of halogens is 1. The number of benzene rings is 2. The van der Waals surface area contributed by atoms with Crippen molar-refractivity contribution in [2.45, 2.75) is 32.9 Å². The van der Waals surface area contributed by atoms with Gasteiger partial charge in [0.05, 0.1) is 12.7 Å². The van der Waals surface area contributed by atoms with E-state index >= 15 is 0 Å². The molecule has 0 spiro atoms. The van der Waals surface area contributed by atoms with E-state index in [0.717, 1.165) is 0 Å². The van der Waals surface area contributed by atoms with Crippen molar-refractivity contribution in [1.29, 1.82) is 0 Å². The third kappa shape index (κ3) is 6.07. The summed E-state index contributed by atoms with van der Waals surface area (Å²) in [4.78, 5) is 29.5. The molecule has 168 valence electrons. The molecule has 8 nitrogen and oxygen atoms in total. The Hall–Kier alpha value is -3.39. The van der Waals surface area contributed by atoms with E-state index in [1.807, 2.05) is 26.0 Å². The molecule has 0 saturated heterocycles. The van der Waals surface area contributed by atoms with Crippen LogP contribution in [0.15, 0.2) is 53.1 Å². The van der Waals surface area contributed by atoms with Gasteiger partial charge in [0.1, 0.15) is 11.8 Å². The van der Waals surface area contributed by atoms with Crippen molar-refractivity contribution in [2.75, 3.05) is 7.11 Å². The van der Waals surface area contributed by atoms with Gasteiger partial charge in [-0.3, -0.25) is 4.79 Å². The SMILES string of the molecule is COc1ccccc1-c1noc(COC(=O)C(CC(C)C)NC(=O)c2ccc(Cl)cc2)n1. The third-order valence-corrected chi connectivity index (χ3v) is 4.81. The van der Waals surface area contributed by atoms with E-state index in [9.17, 15) is 9.59 Å². The van der Waals surface area contributed by atoms with Crippen molar-refractivity contribution in [3.05, 3.63) is 65.0 Å². The topological polar surface area (TPSA) is 104 Å². The molecule has 0 saturated carbocycles. The first-order valence-corrected chi connectivity index (χ1v) is 10.4. The van der Waals surface area contributed by atoms with Gasteiger partial charge in [0.15, 0.2) is 6.61 Å². The number of aromatic nitrogens is 2. The van der Waals surface area contributed by atoms with Crippen LogP contribution in [0.3, 0.4) is 0 Å². The van der Waals surface area contributed by atoms with Crippen LogP contribution in [0.25, 0.3) is 11.4 Å². The molecule has 1 atom stereocenters. The van der Waals surface area contributed by atoms with E-state index < -0.39 is 12.0 Å². The summed E-state index contributed by atoms with van der Waals surface area (Å²) in [5.41, 5.74) is 1.05. The first kappa shape index (κ1) is 23.3. The fourth-order valence-corrected chi connectivity index (χ4v) is 3.14. The van der Waals surface area contributed by atoms with E-state index in [-0.39, 0.29) is 24.3 Å². The number of esters is 1. The van der Waals surface area contributed by atoms with Gasteiger partial charge in [0.25, 0.3) is 11.8 Å². The number of nitrogens with zero attached hydrogens (tertiary/aromatic N) is 2. The Labute approximate surface area is 190 Å². The fourth-order valence-electron chi connectivity index (χ4n) is 3.01. The number of nitrogens with one attached hydrogen (secondary N) is 1. The maximum atomic E-state index is 12.7. The molecule has 0 aliphatic rings. The Balaban J connectivity index is 1.64. The van der Waals surface area contributed by atoms with Gasteiger partial charge >= 0.3 is 5.97 Å². The number of carbonyl (C=O) groups is 2. The summed E-state index contributed by atoms with van der Waals surface area (Å²) in [6.45, 7) is 3.69. The Bertz CT molecular complexity index is 1070. The molecule has 0 aliphatic heterocycles. The zero-order valence-corrected chi connectivity index (χ0v) is 18.8. The van der Waals surface area contributed by atoms with Gasteiger partial charge in [-0.2, -0.15) is 4.98 Å². The molecule has 0 fully saturated rings. The average molecular weight is 458 g/mol. The van der Waals surface area contributed by atoms with Crippen LogP contribution in [0, 0.1) is 5.92 Å². The highest BCUT2D eigenvalue weighted by Crippen LogP contribution is 2.27. The highest BCUT2D eigenvalue weighted by molar-refractivity contribution is 6.30. The van der Waals surface area contributed by atoms with Crippen molar-refractivity contribution in [3.63, 3.8) is 0 Å². The van der Waals surface area contributed by atoms with Crippen molar-refractivity contribution in [3.8, 4) is 17.1 Å². The van der Waals surface area contributed by atoms with Gasteiger partial charge in [-0.25, -0.2) is 4.79 Å². The number of amides is 1. The van der Waals surface area contributed by atoms with E-state index in [2.05, 4.69) is 15.5 Å². The summed E-state index contributed by atoms with van der Waals surface area (Å²) in [7, 11) is 1.55. The Morgan fingerprint density at radius 1 is 1.12 bits per heavy atom. The van der Waals surface area contributed by atoms with Gasteiger partial charge in [0, 0.05) is 10.6 Å². The number of para-hydroxylation sites is 1. The van der Waals surface area contributed by atoms with Gasteiger partial charge in [0.2, 0.25) is 5.82 Å². The Morgan fingerprint density at radius 2 is 1.84 bits per heavy atom. The summed E-state index contributed by atoms with van der Waals surface area (Å²) in [6.07, 6.45) is 0.411. The maximum absolute atomic E-state index is 12.7. The predicted molar refractivity (Wildman–Crippen MR) is 118 cm³/mol. The van der Waals surface area contributed by atoms with Gasteiger partial charge in [-0.05, 0) is 48.7 Å². The van der Waals surface area contributed by atoms with Gasteiger partial charge in [-0.15, -0.1) is 0 Å². The lowest BCUT2D eigenvalue weighted by molar-refractivity contribution is -0.148. The number of ether oxygens (including phenoxy) is 2. The second-order valence-electron chi connectivity index (χ2n) is 7.48. The Kier molecular flexibility index (Phi) is 7.83. The number of hydrogen-bond donors (Lipinski definition) is 1. The molecular formula is C23H24ClN3O5. The summed E-state index contributed by atoms with van der Waals surface area (Å²) < 4.78 is 15.8. The van der Waals surface area contributed by atoms with E-state index in [0.29, 0.717) is 34.1 Å². The number of carbonyl (C=O) groups excluding carboxylic acids is 2. The molecule has 2 aromatic carbocycles. The quantitative estimate of drug-likeness (QED) is 0.478. The predicted octanol–water partition coefficient (Wildman–Crippen LogP) is 4.29. The van der Waals surface area contributed by atoms with Crippen LogP contribution in [0.5, 0.6) is 5.75 Å². The zero-order valence-electron chi connectivity index (χ0n) is 18.0. The number of rotatable bonds is 9. The summed E-state index contributed by atoms with van der Waals surface area (Å²) in [5, 5.41) is 7.17. The minimum atomic E-state index is -0.824.